The zero-order valence-electron chi connectivity index (χ0n) is 17.9. The summed E-state index contributed by atoms with van der Waals surface area (Å²) in [5, 5.41) is 0. The Balaban J connectivity index is 3.15. The van der Waals surface area contributed by atoms with Crippen molar-refractivity contribution < 1.29 is 4.79 Å². The first-order valence-corrected chi connectivity index (χ1v) is 11.6. The fourth-order valence-electron chi connectivity index (χ4n) is 3.24. The molecule has 0 saturated heterocycles. The first kappa shape index (κ1) is 25.1. The average Bonchev–Trinajstić information content (AvgIpc) is 2.62. The molecular weight excluding hydrogens is 316 g/mol. The van der Waals surface area contributed by atoms with E-state index < -0.39 is 0 Å². The Kier molecular flexibility index (Phi) is 21.5. The van der Waals surface area contributed by atoms with Gasteiger partial charge in [-0.15, -0.1) is 0 Å². The van der Waals surface area contributed by atoms with Crippen LogP contribution in [0.15, 0.2) is 24.3 Å². The molecule has 0 aliphatic carbocycles. The molecule has 0 spiro atoms. The van der Waals surface area contributed by atoms with E-state index >= 15 is 0 Å². The van der Waals surface area contributed by atoms with E-state index in [0.717, 1.165) is 32.1 Å². The van der Waals surface area contributed by atoms with Gasteiger partial charge in [0.25, 0.3) is 0 Å². The minimum absolute atomic E-state index is 0.305. The van der Waals surface area contributed by atoms with E-state index in [1.165, 1.54) is 83.5 Å². The molecule has 0 aromatic heterocycles. The van der Waals surface area contributed by atoms with Gasteiger partial charge in [-0.05, 0) is 45.4 Å². The number of ketones is 1. The smallest absolute Gasteiger partial charge is 0.129 e. The van der Waals surface area contributed by atoms with Crippen LogP contribution in [0, 0.1) is 0 Å². The molecule has 0 N–H and O–H groups in total. The number of carbonyl (C=O) groups is 1. The van der Waals surface area contributed by atoms with E-state index in [-0.39, 0.29) is 0 Å². The molecule has 1 heteroatoms. The van der Waals surface area contributed by atoms with Crippen molar-refractivity contribution in [2.75, 3.05) is 0 Å². The molecule has 0 aromatic carbocycles. The van der Waals surface area contributed by atoms with Gasteiger partial charge in [0.1, 0.15) is 5.78 Å². The lowest BCUT2D eigenvalue weighted by Crippen LogP contribution is -1.87. The second-order valence-corrected chi connectivity index (χ2v) is 7.79. The van der Waals surface area contributed by atoms with Gasteiger partial charge in [-0.1, -0.05) is 102 Å². The Bertz CT molecular complexity index is 340. The fraction of sp³-hybridized carbons (Fsp3) is 0.800. The molecule has 0 fully saturated rings. The van der Waals surface area contributed by atoms with Crippen LogP contribution in [-0.4, -0.2) is 5.78 Å². The maximum Gasteiger partial charge on any atom is 0.129 e. The molecule has 0 heterocycles. The molecule has 0 rings (SSSR count). The Hall–Kier alpha value is -0.850. The zero-order chi connectivity index (χ0) is 19.1. The lowest BCUT2D eigenvalue weighted by atomic mass is 10.0. The van der Waals surface area contributed by atoms with Gasteiger partial charge in [-0.2, -0.15) is 0 Å². The van der Waals surface area contributed by atoms with Gasteiger partial charge in [-0.25, -0.2) is 0 Å². The van der Waals surface area contributed by atoms with Crippen molar-refractivity contribution >= 4 is 5.78 Å². The number of unbranched alkanes of at least 4 members (excludes halogenated alkanes) is 14. The van der Waals surface area contributed by atoms with Crippen LogP contribution in [0.2, 0.25) is 0 Å². The minimum Gasteiger partial charge on any atom is -0.300 e. The van der Waals surface area contributed by atoms with Gasteiger partial charge in [0.2, 0.25) is 0 Å². The van der Waals surface area contributed by atoms with E-state index in [9.17, 15) is 4.79 Å². The van der Waals surface area contributed by atoms with Crippen LogP contribution in [0.25, 0.3) is 0 Å². The third kappa shape index (κ3) is 23.1. The highest BCUT2D eigenvalue weighted by Gasteiger charge is 1.93. The molecule has 0 aliphatic heterocycles. The van der Waals surface area contributed by atoms with Gasteiger partial charge >= 0.3 is 0 Å². The number of hydrogen-bond donors (Lipinski definition) is 0. The predicted molar refractivity (Wildman–Crippen MR) is 118 cm³/mol. The summed E-state index contributed by atoms with van der Waals surface area (Å²) in [6.07, 6.45) is 32.6. The normalized spacial score (nSPS) is 11.8. The maximum atomic E-state index is 10.8. The molecule has 1 nitrogen and oxygen atoms in total. The fourth-order valence-corrected chi connectivity index (χ4v) is 3.24. The number of hydrogen-bond acceptors (Lipinski definition) is 1. The van der Waals surface area contributed by atoms with Crippen molar-refractivity contribution in [3.63, 3.8) is 0 Å². The first-order valence-electron chi connectivity index (χ1n) is 11.6. The van der Waals surface area contributed by atoms with Crippen LogP contribution in [0.3, 0.4) is 0 Å². The lowest BCUT2D eigenvalue weighted by Gasteiger charge is -2.02. The molecule has 0 aromatic rings. The van der Waals surface area contributed by atoms with Gasteiger partial charge in [0.05, 0.1) is 0 Å². The van der Waals surface area contributed by atoms with Crippen LogP contribution in [0.4, 0.5) is 0 Å². The van der Waals surface area contributed by atoms with Crippen LogP contribution in [0.1, 0.15) is 129 Å². The van der Waals surface area contributed by atoms with Gasteiger partial charge < -0.3 is 4.79 Å². The molecule has 0 saturated carbocycles. The second kappa shape index (κ2) is 22.2. The first-order chi connectivity index (χ1) is 12.8. The second-order valence-electron chi connectivity index (χ2n) is 7.79. The van der Waals surface area contributed by atoms with Gasteiger partial charge in [0, 0.05) is 6.42 Å². The summed E-state index contributed by atoms with van der Waals surface area (Å²) in [7, 11) is 0. The van der Waals surface area contributed by atoms with Crippen molar-refractivity contribution in [3.05, 3.63) is 24.3 Å². The SMILES string of the molecule is CCCCCCCCCCCCCC/C=C\CC/C=C\CCCC(C)=O. The maximum absolute atomic E-state index is 10.8. The van der Waals surface area contributed by atoms with E-state index in [2.05, 4.69) is 31.2 Å². The highest BCUT2D eigenvalue weighted by molar-refractivity contribution is 5.75. The zero-order valence-corrected chi connectivity index (χ0v) is 17.9. The van der Waals surface area contributed by atoms with Crippen LogP contribution >= 0.6 is 0 Å². The van der Waals surface area contributed by atoms with Crippen LogP contribution < -0.4 is 0 Å². The highest BCUT2D eigenvalue weighted by Crippen LogP contribution is 2.12. The van der Waals surface area contributed by atoms with Crippen LogP contribution in [0.5, 0.6) is 0 Å². The van der Waals surface area contributed by atoms with Crippen molar-refractivity contribution in [3.8, 4) is 0 Å². The Morgan fingerprint density at radius 1 is 0.538 bits per heavy atom. The topological polar surface area (TPSA) is 17.1 Å². The summed E-state index contributed by atoms with van der Waals surface area (Å²) in [6, 6.07) is 0. The van der Waals surface area contributed by atoms with Crippen molar-refractivity contribution in [1.82, 2.24) is 0 Å². The van der Waals surface area contributed by atoms with E-state index in [1.54, 1.807) is 6.92 Å². The number of carbonyl (C=O) groups excluding carboxylic acids is 1. The molecule has 26 heavy (non-hydrogen) atoms. The van der Waals surface area contributed by atoms with Crippen molar-refractivity contribution in [2.45, 2.75) is 129 Å². The Labute approximate surface area is 164 Å². The molecule has 0 unspecified atom stereocenters. The number of allylic oxidation sites excluding steroid dienone is 4. The standard InChI is InChI=1S/C25H46O/c1-3-4-5-6-7-8-9-10-11-12-13-14-15-16-17-18-19-20-21-22-23-24-25(2)26/h16-17,20-21H,3-15,18-19,22-24H2,1-2H3/b17-16-,21-20-. The molecule has 0 aliphatic rings. The Morgan fingerprint density at radius 2 is 0.923 bits per heavy atom. The van der Waals surface area contributed by atoms with E-state index in [0.29, 0.717) is 5.78 Å². The summed E-state index contributed by atoms with van der Waals surface area (Å²) in [5.41, 5.74) is 0. The van der Waals surface area contributed by atoms with Gasteiger partial charge in [-0.3, -0.25) is 0 Å². The minimum atomic E-state index is 0.305. The van der Waals surface area contributed by atoms with Crippen molar-refractivity contribution in [1.29, 1.82) is 0 Å². The Morgan fingerprint density at radius 3 is 1.38 bits per heavy atom. The molecular formula is C25H46O. The van der Waals surface area contributed by atoms with Crippen molar-refractivity contribution in [2.24, 2.45) is 0 Å². The van der Waals surface area contributed by atoms with Gasteiger partial charge in [0.15, 0.2) is 0 Å². The third-order valence-electron chi connectivity index (χ3n) is 4.96. The summed E-state index contributed by atoms with van der Waals surface area (Å²) >= 11 is 0. The molecule has 152 valence electrons. The summed E-state index contributed by atoms with van der Waals surface area (Å²) < 4.78 is 0. The monoisotopic (exact) mass is 362 g/mol. The van der Waals surface area contributed by atoms with E-state index in [1.807, 2.05) is 0 Å². The van der Waals surface area contributed by atoms with E-state index in [4.69, 9.17) is 0 Å². The number of Topliss-reactive ketones (excluding diaryl/α,β-unsaturated/α-hetero) is 1. The summed E-state index contributed by atoms with van der Waals surface area (Å²) in [4.78, 5) is 10.8. The lowest BCUT2D eigenvalue weighted by molar-refractivity contribution is -0.117. The number of rotatable bonds is 20. The molecule has 0 amide bonds. The largest absolute Gasteiger partial charge is 0.300 e. The molecule has 0 atom stereocenters. The summed E-state index contributed by atoms with van der Waals surface area (Å²) in [5.74, 6) is 0.305. The molecule has 0 bridgehead atoms. The van der Waals surface area contributed by atoms with Crippen LogP contribution in [-0.2, 0) is 4.79 Å². The highest BCUT2D eigenvalue weighted by atomic mass is 16.1. The average molecular weight is 363 g/mol. The molecule has 0 radical (unpaired) electrons. The third-order valence-corrected chi connectivity index (χ3v) is 4.96. The quantitative estimate of drug-likeness (QED) is 0.156. The predicted octanol–water partition coefficient (Wildman–Crippen LogP) is 8.73. The summed E-state index contributed by atoms with van der Waals surface area (Å²) in [6.45, 7) is 3.96.